The van der Waals surface area contributed by atoms with E-state index in [1.807, 2.05) is 0 Å². The lowest BCUT2D eigenvalue weighted by Gasteiger charge is -2.16. The SMILES string of the molecule is Cc1cc(C(=O)OC(C)C(=O)NC2CCCC2)c(C)o1. The largest absolute Gasteiger partial charge is 0.466 e. The maximum Gasteiger partial charge on any atom is 0.342 e. The molecule has 1 aromatic rings. The molecule has 1 fully saturated rings. The lowest BCUT2D eigenvalue weighted by Crippen LogP contribution is -2.40. The molecule has 1 heterocycles. The van der Waals surface area contributed by atoms with E-state index in [0.717, 1.165) is 25.7 Å². The number of nitrogens with one attached hydrogen (secondary N) is 1. The van der Waals surface area contributed by atoms with E-state index in [1.54, 1.807) is 26.8 Å². The van der Waals surface area contributed by atoms with Crippen molar-refractivity contribution in [1.82, 2.24) is 5.32 Å². The van der Waals surface area contributed by atoms with Gasteiger partial charge in [-0.2, -0.15) is 0 Å². The molecule has 1 aliphatic rings. The Morgan fingerprint density at radius 3 is 2.55 bits per heavy atom. The molecule has 2 rings (SSSR count). The van der Waals surface area contributed by atoms with Crippen LogP contribution in [-0.4, -0.2) is 24.0 Å². The lowest BCUT2D eigenvalue weighted by molar-refractivity contribution is -0.129. The molecule has 0 bridgehead atoms. The van der Waals surface area contributed by atoms with Crippen molar-refractivity contribution < 1.29 is 18.7 Å². The number of rotatable bonds is 4. The highest BCUT2D eigenvalue weighted by molar-refractivity contribution is 5.93. The quantitative estimate of drug-likeness (QED) is 0.860. The van der Waals surface area contributed by atoms with Gasteiger partial charge in [0.2, 0.25) is 0 Å². The molecule has 1 atom stereocenters. The van der Waals surface area contributed by atoms with Crippen LogP contribution in [0.5, 0.6) is 0 Å². The standard InChI is InChI=1S/C15H21NO4/c1-9-8-13(10(2)19-9)15(18)20-11(3)14(17)16-12-6-4-5-7-12/h8,11-12H,4-7H2,1-3H3,(H,16,17). The van der Waals surface area contributed by atoms with Crippen molar-refractivity contribution in [3.63, 3.8) is 0 Å². The van der Waals surface area contributed by atoms with E-state index < -0.39 is 12.1 Å². The van der Waals surface area contributed by atoms with Crippen LogP contribution in [0, 0.1) is 13.8 Å². The van der Waals surface area contributed by atoms with E-state index in [0.29, 0.717) is 17.1 Å². The second-order valence-electron chi connectivity index (χ2n) is 5.36. The van der Waals surface area contributed by atoms with Crippen LogP contribution in [0.4, 0.5) is 0 Å². The van der Waals surface area contributed by atoms with Gasteiger partial charge in [0.25, 0.3) is 5.91 Å². The third kappa shape index (κ3) is 3.40. The number of hydrogen-bond donors (Lipinski definition) is 1. The van der Waals surface area contributed by atoms with Gasteiger partial charge in [0.05, 0.1) is 0 Å². The number of hydrogen-bond acceptors (Lipinski definition) is 4. The Hall–Kier alpha value is -1.78. The highest BCUT2D eigenvalue weighted by Gasteiger charge is 2.24. The van der Waals surface area contributed by atoms with Gasteiger partial charge in [-0.15, -0.1) is 0 Å². The molecule has 0 aliphatic heterocycles. The Morgan fingerprint density at radius 1 is 1.35 bits per heavy atom. The van der Waals surface area contributed by atoms with Crippen LogP contribution in [0.25, 0.3) is 0 Å². The molecule has 0 saturated heterocycles. The van der Waals surface area contributed by atoms with Crippen molar-refractivity contribution in [1.29, 1.82) is 0 Å². The molecule has 5 nitrogen and oxygen atoms in total. The van der Waals surface area contributed by atoms with Crippen molar-refractivity contribution in [3.05, 3.63) is 23.2 Å². The van der Waals surface area contributed by atoms with Crippen molar-refractivity contribution in [2.75, 3.05) is 0 Å². The van der Waals surface area contributed by atoms with Crippen molar-refractivity contribution in [2.45, 2.75) is 58.6 Å². The fraction of sp³-hybridized carbons (Fsp3) is 0.600. The number of carbonyl (C=O) groups is 2. The van der Waals surface area contributed by atoms with E-state index in [1.165, 1.54) is 0 Å². The van der Waals surface area contributed by atoms with Crippen LogP contribution in [0.3, 0.4) is 0 Å². The molecule has 1 unspecified atom stereocenters. The third-order valence-corrected chi connectivity index (χ3v) is 3.62. The molecule has 0 spiro atoms. The predicted molar refractivity (Wildman–Crippen MR) is 73.5 cm³/mol. The monoisotopic (exact) mass is 279 g/mol. The Bertz CT molecular complexity index is 500. The fourth-order valence-corrected chi connectivity index (χ4v) is 2.50. The zero-order valence-corrected chi connectivity index (χ0v) is 12.2. The average Bonchev–Trinajstić information content (AvgIpc) is 2.98. The van der Waals surface area contributed by atoms with Gasteiger partial charge >= 0.3 is 5.97 Å². The fourth-order valence-electron chi connectivity index (χ4n) is 2.50. The second kappa shape index (κ2) is 6.11. The molecule has 1 N–H and O–H groups in total. The van der Waals surface area contributed by atoms with Gasteiger partial charge in [0.1, 0.15) is 17.1 Å². The Kier molecular flexibility index (Phi) is 4.47. The first-order valence-electron chi connectivity index (χ1n) is 7.05. The Labute approximate surface area is 118 Å². The number of furan rings is 1. The van der Waals surface area contributed by atoms with Crippen molar-refractivity contribution in [2.24, 2.45) is 0 Å². The minimum Gasteiger partial charge on any atom is -0.466 e. The minimum atomic E-state index is -0.794. The van der Waals surface area contributed by atoms with E-state index in [-0.39, 0.29) is 11.9 Å². The van der Waals surface area contributed by atoms with Gasteiger partial charge in [-0.05, 0) is 39.7 Å². The summed E-state index contributed by atoms with van der Waals surface area (Å²) in [4.78, 5) is 23.9. The van der Waals surface area contributed by atoms with E-state index >= 15 is 0 Å². The van der Waals surface area contributed by atoms with Gasteiger partial charge in [0.15, 0.2) is 6.10 Å². The van der Waals surface area contributed by atoms with Crippen molar-refractivity contribution in [3.8, 4) is 0 Å². The Balaban J connectivity index is 1.89. The molecule has 5 heteroatoms. The molecule has 110 valence electrons. The molecular weight excluding hydrogens is 258 g/mol. The summed E-state index contributed by atoms with van der Waals surface area (Å²) in [6.07, 6.45) is 3.51. The van der Waals surface area contributed by atoms with Crippen molar-refractivity contribution >= 4 is 11.9 Å². The number of ether oxygens (including phenoxy) is 1. The molecule has 1 saturated carbocycles. The van der Waals surface area contributed by atoms with Gasteiger partial charge in [-0.3, -0.25) is 4.79 Å². The van der Waals surface area contributed by atoms with E-state index in [2.05, 4.69) is 5.32 Å². The summed E-state index contributed by atoms with van der Waals surface area (Å²) in [5.74, 6) is 0.407. The third-order valence-electron chi connectivity index (χ3n) is 3.62. The summed E-state index contributed by atoms with van der Waals surface area (Å²) in [5.41, 5.74) is 0.378. The number of esters is 1. The van der Waals surface area contributed by atoms with Gasteiger partial charge in [-0.1, -0.05) is 12.8 Å². The molecule has 1 aliphatic carbocycles. The average molecular weight is 279 g/mol. The second-order valence-corrected chi connectivity index (χ2v) is 5.36. The summed E-state index contributed by atoms with van der Waals surface area (Å²) in [7, 11) is 0. The normalized spacial score (nSPS) is 16.9. The molecular formula is C15H21NO4. The van der Waals surface area contributed by atoms with Crippen LogP contribution >= 0.6 is 0 Å². The summed E-state index contributed by atoms with van der Waals surface area (Å²) in [6, 6.07) is 1.85. The maximum atomic E-state index is 12.0. The zero-order valence-electron chi connectivity index (χ0n) is 12.2. The Morgan fingerprint density at radius 2 is 2.00 bits per heavy atom. The lowest BCUT2D eigenvalue weighted by atomic mass is 10.2. The topological polar surface area (TPSA) is 68.5 Å². The van der Waals surface area contributed by atoms with Crippen LogP contribution < -0.4 is 5.32 Å². The van der Waals surface area contributed by atoms with Crippen LogP contribution in [0.15, 0.2) is 10.5 Å². The summed E-state index contributed by atoms with van der Waals surface area (Å²) < 4.78 is 10.5. The number of amides is 1. The predicted octanol–water partition coefficient (Wildman–Crippen LogP) is 2.50. The van der Waals surface area contributed by atoms with Crippen LogP contribution in [-0.2, 0) is 9.53 Å². The number of aryl methyl sites for hydroxylation is 2. The molecule has 1 amide bonds. The first kappa shape index (κ1) is 14.6. The smallest absolute Gasteiger partial charge is 0.342 e. The molecule has 0 radical (unpaired) electrons. The highest BCUT2D eigenvalue weighted by Crippen LogP contribution is 2.18. The first-order valence-corrected chi connectivity index (χ1v) is 7.05. The number of carbonyl (C=O) groups excluding carboxylic acids is 2. The minimum absolute atomic E-state index is 0.224. The summed E-state index contributed by atoms with van der Waals surface area (Å²) in [5, 5.41) is 2.92. The van der Waals surface area contributed by atoms with Crippen LogP contribution in [0.2, 0.25) is 0 Å². The van der Waals surface area contributed by atoms with Crippen LogP contribution in [0.1, 0.15) is 54.5 Å². The zero-order chi connectivity index (χ0) is 14.7. The van der Waals surface area contributed by atoms with E-state index in [4.69, 9.17) is 9.15 Å². The summed E-state index contributed by atoms with van der Waals surface area (Å²) in [6.45, 7) is 5.05. The highest BCUT2D eigenvalue weighted by atomic mass is 16.5. The molecule has 20 heavy (non-hydrogen) atoms. The first-order chi connectivity index (χ1) is 9.47. The van der Waals surface area contributed by atoms with Gasteiger partial charge in [-0.25, -0.2) is 4.79 Å². The molecule has 1 aromatic heterocycles. The van der Waals surface area contributed by atoms with Gasteiger partial charge < -0.3 is 14.5 Å². The summed E-state index contributed by atoms with van der Waals surface area (Å²) >= 11 is 0. The van der Waals surface area contributed by atoms with E-state index in [9.17, 15) is 9.59 Å². The maximum absolute atomic E-state index is 12.0. The van der Waals surface area contributed by atoms with Gasteiger partial charge in [0, 0.05) is 6.04 Å². The molecule has 0 aromatic carbocycles.